The Morgan fingerprint density at radius 3 is 2.90 bits per heavy atom. The van der Waals surface area contributed by atoms with Gasteiger partial charge < -0.3 is 10.1 Å². The number of nitrogens with one attached hydrogen (secondary N) is 2. The molecule has 1 aromatic rings. The van der Waals surface area contributed by atoms with Gasteiger partial charge in [-0.1, -0.05) is 0 Å². The van der Waals surface area contributed by atoms with Crippen molar-refractivity contribution in [1.29, 1.82) is 0 Å². The molecule has 0 unspecified atom stereocenters. The molecule has 1 amide bonds. The van der Waals surface area contributed by atoms with E-state index in [-0.39, 0.29) is 30.2 Å². The summed E-state index contributed by atoms with van der Waals surface area (Å²) in [5.74, 6) is -0.648. The zero-order valence-electron chi connectivity index (χ0n) is 10.8. The van der Waals surface area contributed by atoms with E-state index in [1.165, 1.54) is 19.2 Å². The lowest BCUT2D eigenvalue weighted by atomic mass is 10.2. The van der Waals surface area contributed by atoms with Crippen LogP contribution in [0.3, 0.4) is 0 Å². The molecule has 1 aromatic carbocycles. The number of fused-ring (bicyclic) bond motifs is 1. The molecule has 8 heteroatoms. The first-order valence-electron chi connectivity index (χ1n) is 5.91. The summed E-state index contributed by atoms with van der Waals surface area (Å²) in [4.78, 5) is 22.2. The molecule has 2 N–H and O–H groups in total. The van der Waals surface area contributed by atoms with Crippen molar-refractivity contribution in [2.24, 2.45) is 0 Å². The average molecular weight is 298 g/mol. The fraction of sp³-hybridized carbons (Fsp3) is 0.333. The Hall–Kier alpha value is -1.93. The fourth-order valence-electron chi connectivity index (χ4n) is 1.85. The highest BCUT2D eigenvalue weighted by molar-refractivity contribution is 7.89. The van der Waals surface area contributed by atoms with Crippen molar-refractivity contribution in [3.8, 4) is 0 Å². The Bertz CT molecular complexity index is 654. The summed E-state index contributed by atoms with van der Waals surface area (Å²) >= 11 is 0. The lowest BCUT2D eigenvalue weighted by Gasteiger charge is -2.07. The van der Waals surface area contributed by atoms with Crippen molar-refractivity contribution >= 4 is 27.6 Å². The molecule has 0 radical (unpaired) electrons. The number of carbonyl (C=O) groups excluding carboxylic acids is 2. The van der Waals surface area contributed by atoms with Crippen LogP contribution in [0, 0.1) is 0 Å². The quantitative estimate of drug-likeness (QED) is 0.746. The summed E-state index contributed by atoms with van der Waals surface area (Å²) < 4.78 is 30.8. The largest absolute Gasteiger partial charge is 0.469 e. The number of methoxy groups -OCH3 is 1. The zero-order chi connectivity index (χ0) is 14.8. The minimum Gasteiger partial charge on any atom is -0.469 e. The summed E-state index contributed by atoms with van der Waals surface area (Å²) in [6.45, 7) is -0.0384. The van der Waals surface area contributed by atoms with Gasteiger partial charge in [0.05, 0.1) is 24.8 Å². The van der Waals surface area contributed by atoms with E-state index in [4.69, 9.17) is 0 Å². The lowest BCUT2D eigenvalue weighted by molar-refractivity contribution is -0.140. The molecule has 20 heavy (non-hydrogen) atoms. The highest BCUT2D eigenvalue weighted by atomic mass is 32.2. The van der Waals surface area contributed by atoms with E-state index in [1.54, 1.807) is 6.07 Å². The standard InChI is InChI=1S/C12H14N2O5S/c1-19-12(16)4-5-13-20(17,18)9-2-3-10-8(6-9)7-11(15)14-10/h2-3,6,13H,4-5,7H2,1H3,(H,14,15). The van der Waals surface area contributed by atoms with Crippen LogP contribution in [0.25, 0.3) is 0 Å². The maximum absolute atomic E-state index is 12.0. The number of hydrogen-bond donors (Lipinski definition) is 2. The van der Waals surface area contributed by atoms with Crippen molar-refractivity contribution in [2.75, 3.05) is 19.0 Å². The van der Waals surface area contributed by atoms with E-state index < -0.39 is 16.0 Å². The Morgan fingerprint density at radius 1 is 1.45 bits per heavy atom. The third-order valence-corrected chi connectivity index (χ3v) is 4.32. The number of carbonyl (C=O) groups is 2. The molecule has 108 valence electrons. The van der Waals surface area contributed by atoms with Gasteiger partial charge in [0, 0.05) is 12.2 Å². The number of amides is 1. The number of sulfonamides is 1. The summed E-state index contributed by atoms with van der Waals surface area (Å²) in [7, 11) is -2.46. The van der Waals surface area contributed by atoms with Gasteiger partial charge in [-0.05, 0) is 23.8 Å². The van der Waals surface area contributed by atoms with Gasteiger partial charge in [0.15, 0.2) is 0 Å². The number of ether oxygens (including phenoxy) is 1. The Kier molecular flexibility index (Phi) is 4.05. The molecule has 1 heterocycles. The van der Waals surface area contributed by atoms with E-state index in [9.17, 15) is 18.0 Å². The van der Waals surface area contributed by atoms with Crippen molar-refractivity contribution in [3.63, 3.8) is 0 Å². The van der Waals surface area contributed by atoms with Crippen molar-refractivity contribution in [1.82, 2.24) is 4.72 Å². The maximum Gasteiger partial charge on any atom is 0.306 e. The molecule has 0 fully saturated rings. The van der Waals surface area contributed by atoms with Crippen LogP contribution in [-0.4, -0.2) is 33.9 Å². The predicted octanol–water partition coefficient (Wildman–Crippen LogP) is 0.0226. The smallest absolute Gasteiger partial charge is 0.306 e. The number of hydrogen-bond acceptors (Lipinski definition) is 5. The highest BCUT2D eigenvalue weighted by Crippen LogP contribution is 2.25. The zero-order valence-corrected chi connectivity index (χ0v) is 11.6. The molecule has 0 bridgehead atoms. The fourth-order valence-corrected chi connectivity index (χ4v) is 2.93. The summed E-state index contributed by atoms with van der Waals surface area (Å²) in [5.41, 5.74) is 1.27. The minimum absolute atomic E-state index is 0.0384. The Morgan fingerprint density at radius 2 is 2.20 bits per heavy atom. The van der Waals surface area contributed by atoms with Crippen LogP contribution in [-0.2, 0) is 30.8 Å². The van der Waals surface area contributed by atoms with Crippen LogP contribution < -0.4 is 10.0 Å². The van der Waals surface area contributed by atoms with Gasteiger partial charge in [0.25, 0.3) is 0 Å². The number of anilines is 1. The van der Waals surface area contributed by atoms with Crippen LogP contribution in [0.15, 0.2) is 23.1 Å². The second kappa shape index (κ2) is 5.59. The second-order valence-corrected chi connectivity index (χ2v) is 6.03. The SMILES string of the molecule is COC(=O)CCNS(=O)(=O)c1ccc2c(c1)CC(=O)N2. The van der Waals surface area contributed by atoms with Gasteiger partial charge in [0.1, 0.15) is 0 Å². The minimum atomic E-state index is -3.70. The van der Waals surface area contributed by atoms with Gasteiger partial charge >= 0.3 is 5.97 Å². The topological polar surface area (TPSA) is 102 Å². The van der Waals surface area contributed by atoms with E-state index in [2.05, 4.69) is 14.8 Å². The average Bonchev–Trinajstić information content (AvgIpc) is 2.77. The molecule has 0 aromatic heterocycles. The summed E-state index contributed by atoms with van der Waals surface area (Å²) in [6, 6.07) is 4.41. The molecule has 1 aliphatic rings. The number of benzene rings is 1. The number of rotatable bonds is 5. The van der Waals surface area contributed by atoms with E-state index in [1.807, 2.05) is 0 Å². The third-order valence-electron chi connectivity index (χ3n) is 2.86. The Labute approximate surface area is 116 Å². The lowest BCUT2D eigenvalue weighted by Crippen LogP contribution is -2.26. The van der Waals surface area contributed by atoms with Crippen LogP contribution in [0.1, 0.15) is 12.0 Å². The Balaban J connectivity index is 2.09. The summed E-state index contributed by atoms with van der Waals surface area (Å²) in [5, 5.41) is 2.63. The van der Waals surface area contributed by atoms with E-state index in [0.717, 1.165) is 0 Å². The molecular formula is C12H14N2O5S. The molecule has 0 saturated carbocycles. The molecular weight excluding hydrogens is 284 g/mol. The van der Waals surface area contributed by atoms with Gasteiger partial charge in [-0.3, -0.25) is 9.59 Å². The van der Waals surface area contributed by atoms with Crippen LogP contribution >= 0.6 is 0 Å². The first-order chi connectivity index (χ1) is 9.42. The molecule has 0 aliphatic carbocycles. The van der Waals surface area contributed by atoms with Crippen LogP contribution in [0.4, 0.5) is 5.69 Å². The van der Waals surface area contributed by atoms with Crippen LogP contribution in [0.5, 0.6) is 0 Å². The van der Waals surface area contributed by atoms with Gasteiger partial charge in [-0.2, -0.15) is 0 Å². The summed E-state index contributed by atoms with van der Waals surface area (Å²) in [6.07, 6.45) is 0.127. The van der Waals surface area contributed by atoms with Crippen molar-refractivity contribution in [2.45, 2.75) is 17.7 Å². The molecule has 0 spiro atoms. The molecule has 0 saturated heterocycles. The first kappa shape index (κ1) is 14.5. The monoisotopic (exact) mass is 298 g/mol. The van der Waals surface area contributed by atoms with Crippen molar-refractivity contribution < 1.29 is 22.7 Å². The van der Waals surface area contributed by atoms with Gasteiger partial charge in [-0.15, -0.1) is 0 Å². The highest BCUT2D eigenvalue weighted by Gasteiger charge is 2.21. The molecule has 2 rings (SSSR count). The van der Waals surface area contributed by atoms with E-state index in [0.29, 0.717) is 11.3 Å². The second-order valence-electron chi connectivity index (χ2n) is 4.27. The number of esters is 1. The van der Waals surface area contributed by atoms with Gasteiger partial charge in [0.2, 0.25) is 15.9 Å². The van der Waals surface area contributed by atoms with Crippen LogP contribution in [0.2, 0.25) is 0 Å². The molecule has 7 nitrogen and oxygen atoms in total. The third kappa shape index (κ3) is 3.14. The van der Waals surface area contributed by atoms with E-state index >= 15 is 0 Å². The predicted molar refractivity (Wildman–Crippen MR) is 70.6 cm³/mol. The first-order valence-corrected chi connectivity index (χ1v) is 7.40. The molecule has 1 aliphatic heterocycles. The van der Waals surface area contributed by atoms with Crippen molar-refractivity contribution in [3.05, 3.63) is 23.8 Å². The maximum atomic E-state index is 12.0. The normalized spacial score (nSPS) is 13.8. The molecule has 0 atom stereocenters. The van der Waals surface area contributed by atoms with Gasteiger partial charge in [-0.25, -0.2) is 13.1 Å².